The molecule has 0 aliphatic rings. The van der Waals surface area contributed by atoms with E-state index >= 15 is 0 Å². The summed E-state index contributed by atoms with van der Waals surface area (Å²) in [5.74, 6) is -1.20. The van der Waals surface area contributed by atoms with E-state index in [0.717, 1.165) is 11.6 Å². The summed E-state index contributed by atoms with van der Waals surface area (Å²) in [5.41, 5.74) is 1.58. The second-order valence-electron chi connectivity index (χ2n) is 6.47. The molecule has 0 saturated carbocycles. The van der Waals surface area contributed by atoms with Crippen LogP contribution in [-0.4, -0.2) is 33.7 Å². The molecule has 0 aromatic heterocycles. The number of rotatable bonds is 7. The third-order valence-electron chi connectivity index (χ3n) is 4.16. The van der Waals surface area contributed by atoms with Crippen LogP contribution in [0.2, 0.25) is 0 Å². The highest BCUT2D eigenvalue weighted by Gasteiger charge is 2.11. The second kappa shape index (κ2) is 11.4. The molecule has 160 valence electrons. The molecule has 0 aliphatic carbocycles. The van der Waals surface area contributed by atoms with E-state index in [1.165, 1.54) is 18.4 Å². The van der Waals surface area contributed by atoms with Crippen LogP contribution >= 0.6 is 24.0 Å². The van der Waals surface area contributed by atoms with E-state index in [1.54, 1.807) is 24.3 Å². The Bertz CT molecular complexity index is 935. The predicted octanol–water partition coefficient (Wildman–Crippen LogP) is 3.85. The number of benzene rings is 2. The van der Waals surface area contributed by atoms with Gasteiger partial charge < -0.3 is 10.6 Å². The van der Waals surface area contributed by atoms with Gasteiger partial charge in [0, 0.05) is 19.3 Å². The largest absolute Gasteiger partial charge is 0.357 e. The maximum absolute atomic E-state index is 13.4. The third-order valence-corrected chi connectivity index (χ3v) is 5.29. The van der Waals surface area contributed by atoms with Crippen molar-refractivity contribution < 1.29 is 17.2 Å². The number of guanidine groups is 1. The Morgan fingerprint density at radius 2 is 1.76 bits per heavy atom. The summed E-state index contributed by atoms with van der Waals surface area (Å²) in [4.78, 5) is 4.78. The lowest BCUT2D eigenvalue weighted by molar-refractivity contribution is 0.504. The first-order valence-corrected chi connectivity index (χ1v) is 10.9. The fourth-order valence-electron chi connectivity index (χ4n) is 2.59. The van der Waals surface area contributed by atoms with Gasteiger partial charge in [-0.2, -0.15) is 0 Å². The average Bonchev–Trinajstić information content (AvgIpc) is 2.63. The lowest BCUT2D eigenvalue weighted by atomic mass is 10.1. The van der Waals surface area contributed by atoms with Crippen molar-refractivity contribution >= 4 is 39.8 Å². The highest BCUT2D eigenvalue weighted by molar-refractivity contribution is 14.0. The van der Waals surface area contributed by atoms with E-state index < -0.39 is 21.5 Å². The molecule has 0 fully saturated rings. The number of halogens is 3. The van der Waals surface area contributed by atoms with Gasteiger partial charge in [0.05, 0.1) is 10.9 Å². The Hall–Kier alpha value is -1.75. The van der Waals surface area contributed by atoms with E-state index in [1.807, 2.05) is 13.8 Å². The van der Waals surface area contributed by atoms with Gasteiger partial charge in [-0.05, 0) is 55.7 Å². The molecule has 0 spiro atoms. The summed E-state index contributed by atoms with van der Waals surface area (Å²) in [6.45, 7) is 4.91. The lowest BCUT2D eigenvalue weighted by Gasteiger charge is -2.18. The Balaban J connectivity index is 0.00000420. The molecular formula is C20H26F2IN3O2S. The van der Waals surface area contributed by atoms with Crippen LogP contribution < -0.4 is 10.6 Å². The molecule has 0 aliphatic heterocycles. The molecule has 2 rings (SSSR count). The van der Waals surface area contributed by atoms with Crippen molar-refractivity contribution in [2.75, 3.05) is 19.3 Å². The molecule has 9 heteroatoms. The van der Waals surface area contributed by atoms with E-state index in [9.17, 15) is 17.2 Å². The van der Waals surface area contributed by atoms with E-state index in [0.29, 0.717) is 31.0 Å². The first-order chi connectivity index (χ1) is 13.2. The van der Waals surface area contributed by atoms with Crippen LogP contribution in [0.5, 0.6) is 0 Å². The van der Waals surface area contributed by atoms with E-state index in [4.69, 9.17) is 0 Å². The molecule has 2 N–H and O–H groups in total. The molecule has 1 atom stereocenters. The lowest BCUT2D eigenvalue weighted by Crippen LogP contribution is -2.39. The number of aliphatic imine (C=N–C) groups is 1. The van der Waals surface area contributed by atoms with Crippen LogP contribution in [0.15, 0.2) is 52.4 Å². The standard InChI is InChI=1S/C20H25F2N3O2S.HI/c1-4-23-20(25-14(2)16-7-10-18(21)19(22)13-16)24-12-11-15-5-8-17(9-6-15)28(3,26)27;/h5-10,13-14H,4,11-12H2,1-3H3,(H2,23,24,25);1H. The Labute approximate surface area is 188 Å². The summed E-state index contributed by atoms with van der Waals surface area (Å²) in [7, 11) is -3.20. The maximum Gasteiger partial charge on any atom is 0.191 e. The van der Waals surface area contributed by atoms with Crippen LogP contribution in [-0.2, 0) is 16.3 Å². The molecule has 0 radical (unpaired) electrons. The summed E-state index contributed by atoms with van der Waals surface area (Å²) in [5, 5.41) is 6.28. The first kappa shape index (κ1) is 25.3. The predicted molar refractivity (Wildman–Crippen MR) is 123 cm³/mol. The van der Waals surface area contributed by atoms with Gasteiger partial charge in [-0.3, -0.25) is 4.99 Å². The van der Waals surface area contributed by atoms with E-state index in [-0.39, 0.29) is 34.9 Å². The monoisotopic (exact) mass is 537 g/mol. The van der Waals surface area contributed by atoms with Crippen LogP contribution in [0.25, 0.3) is 0 Å². The molecule has 2 aromatic carbocycles. The minimum absolute atomic E-state index is 0. The molecule has 1 unspecified atom stereocenters. The Morgan fingerprint density at radius 1 is 1.10 bits per heavy atom. The fourth-order valence-corrected chi connectivity index (χ4v) is 3.22. The van der Waals surface area contributed by atoms with Crippen molar-refractivity contribution in [3.63, 3.8) is 0 Å². The first-order valence-electron chi connectivity index (χ1n) is 8.99. The van der Waals surface area contributed by atoms with Crippen molar-refractivity contribution in [3.05, 3.63) is 65.2 Å². The molecule has 0 amide bonds. The number of sulfone groups is 1. The van der Waals surface area contributed by atoms with Crippen molar-refractivity contribution in [1.29, 1.82) is 0 Å². The normalized spacial score (nSPS) is 12.8. The summed E-state index contributed by atoms with van der Waals surface area (Å²) in [6.07, 6.45) is 1.81. The summed E-state index contributed by atoms with van der Waals surface area (Å²) >= 11 is 0. The number of hydrogen-bond acceptors (Lipinski definition) is 3. The molecule has 29 heavy (non-hydrogen) atoms. The molecule has 0 heterocycles. The van der Waals surface area contributed by atoms with Gasteiger partial charge in [0.1, 0.15) is 0 Å². The highest BCUT2D eigenvalue weighted by Crippen LogP contribution is 2.16. The SMILES string of the molecule is CCNC(=NCCc1ccc(S(C)(=O)=O)cc1)NC(C)c1ccc(F)c(F)c1.I. The molecule has 0 bridgehead atoms. The number of nitrogens with zero attached hydrogens (tertiary/aromatic N) is 1. The Morgan fingerprint density at radius 3 is 2.31 bits per heavy atom. The second-order valence-corrected chi connectivity index (χ2v) is 8.48. The van der Waals surface area contributed by atoms with Crippen LogP contribution in [0.4, 0.5) is 8.78 Å². The van der Waals surface area contributed by atoms with Gasteiger partial charge >= 0.3 is 0 Å². The van der Waals surface area contributed by atoms with Gasteiger partial charge in [-0.25, -0.2) is 17.2 Å². The van der Waals surface area contributed by atoms with Crippen molar-refractivity contribution in [2.45, 2.75) is 31.2 Å². The van der Waals surface area contributed by atoms with Crippen molar-refractivity contribution in [2.24, 2.45) is 4.99 Å². The number of hydrogen-bond donors (Lipinski definition) is 2. The molecular weight excluding hydrogens is 511 g/mol. The van der Waals surface area contributed by atoms with Crippen LogP contribution in [0, 0.1) is 11.6 Å². The van der Waals surface area contributed by atoms with Gasteiger partial charge in [-0.1, -0.05) is 18.2 Å². The zero-order valence-corrected chi connectivity index (χ0v) is 19.7. The topological polar surface area (TPSA) is 70.6 Å². The maximum atomic E-state index is 13.4. The summed E-state index contributed by atoms with van der Waals surface area (Å²) in [6, 6.07) is 10.3. The molecule has 5 nitrogen and oxygen atoms in total. The fraction of sp³-hybridized carbons (Fsp3) is 0.350. The van der Waals surface area contributed by atoms with E-state index in [2.05, 4.69) is 15.6 Å². The van der Waals surface area contributed by atoms with Crippen molar-refractivity contribution in [3.8, 4) is 0 Å². The minimum Gasteiger partial charge on any atom is -0.357 e. The zero-order valence-electron chi connectivity index (χ0n) is 16.6. The third kappa shape index (κ3) is 7.88. The van der Waals surface area contributed by atoms with Gasteiger partial charge in [-0.15, -0.1) is 24.0 Å². The van der Waals surface area contributed by atoms with Crippen LogP contribution in [0.3, 0.4) is 0 Å². The van der Waals surface area contributed by atoms with Gasteiger partial charge in [0.2, 0.25) is 0 Å². The van der Waals surface area contributed by atoms with Gasteiger partial charge in [0.25, 0.3) is 0 Å². The summed E-state index contributed by atoms with van der Waals surface area (Å²) < 4.78 is 49.5. The molecule has 2 aromatic rings. The zero-order chi connectivity index (χ0) is 20.7. The average molecular weight is 537 g/mol. The minimum atomic E-state index is -3.20. The number of nitrogens with one attached hydrogen (secondary N) is 2. The Kier molecular flexibility index (Phi) is 9.97. The molecule has 0 saturated heterocycles. The highest BCUT2D eigenvalue weighted by atomic mass is 127. The quantitative estimate of drug-likeness (QED) is 0.320. The van der Waals surface area contributed by atoms with Crippen molar-refractivity contribution in [1.82, 2.24) is 10.6 Å². The van der Waals surface area contributed by atoms with Gasteiger partial charge in [0.15, 0.2) is 27.4 Å². The van der Waals surface area contributed by atoms with Crippen LogP contribution in [0.1, 0.15) is 31.0 Å². The smallest absolute Gasteiger partial charge is 0.191 e.